The van der Waals surface area contributed by atoms with Crippen molar-refractivity contribution in [3.8, 4) is 0 Å². The lowest BCUT2D eigenvalue weighted by Gasteiger charge is -2.26. The summed E-state index contributed by atoms with van der Waals surface area (Å²) in [4.78, 5) is 14.3. The number of benzene rings is 1. The third-order valence-electron chi connectivity index (χ3n) is 4.35. The van der Waals surface area contributed by atoms with E-state index in [0.29, 0.717) is 13.0 Å². The Morgan fingerprint density at radius 3 is 2.50 bits per heavy atom. The highest BCUT2D eigenvalue weighted by atomic mass is 35.5. The molecule has 1 aliphatic rings. The summed E-state index contributed by atoms with van der Waals surface area (Å²) in [5.41, 5.74) is 7.93. The van der Waals surface area contributed by atoms with Gasteiger partial charge in [-0.1, -0.05) is 37.1 Å². The molecule has 2 rings (SSSR count). The molecule has 1 aromatic rings. The number of nitrogens with one attached hydrogen (secondary N) is 1. The molecule has 1 aromatic carbocycles. The van der Waals surface area contributed by atoms with Crippen molar-refractivity contribution in [3.63, 3.8) is 0 Å². The molecule has 1 saturated heterocycles. The average Bonchev–Trinajstić information content (AvgIpc) is 2.61. The molecule has 26 heavy (non-hydrogen) atoms. The summed E-state index contributed by atoms with van der Waals surface area (Å²) < 4.78 is 5.38. The van der Waals surface area contributed by atoms with E-state index in [1.165, 1.54) is 5.56 Å². The topological polar surface area (TPSA) is 67.6 Å². The maximum absolute atomic E-state index is 11.9. The Labute approximate surface area is 169 Å². The minimum absolute atomic E-state index is 0. The number of halogens is 2. The first kappa shape index (κ1) is 25.1. The van der Waals surface area contributed by atoms with Gasteiger partial charge in [0.05, 0.1) is 13.2 Å². The Kier molecular flexibility index (Phi) is 14.7. The van der Waals surface area contributed by atoms with Crippen LogP contribution in [-0.4, -0.2) is 43.7 Å². The zero-order valence-electron chi connectivity index (χ0n) is 15.5. The number of amides is 1. The number of nitrogens with two attached hydrogens (primary N) is 1. The quantitative estimate of drug-likeness (QED) is 0.587. The smallest absolute Gasteiger partial charge is 0.220 e. The lowest BCUT2D eigenvalue weighted by Crippen LogP contribution is -2.35. The average molecular weight is 406 g/mol. The molecule has 3 N–H and O–H groups in total. The van der Waals surface area contributed by atoms with Crippen molar-refractivity contribution in [2.45, 2.75) is 45.2 Å². The van der Waals surface area contributed by atoms with E-state index in [1.807, 2.05) is 0 Å². The molecule has 150 valence electrons. The molecular formula is C19H33Cl2N3O2. The van der Waals surface area contributed by atoms with Gasteiger partial charge in [-0.3, -0.25) is 9.69 Å². The van der Waals surface area contributed by atoms with Crippen molar-refractivity contribution in [2.24, 2.45) is 5.73 Å². The number of morpholine rings is 1. The van der Waals surface area contributed by atoms with Crippen molar-refractivity contribution in [3.05, 3.63) is 35.4 Å². The van der Waals surface area contributed by atoms with Crippen LogP contribution < -0.4 is 11.1 Å². The van der Waals surface area contributed by atoms with E-state index in [9.17, 15) is 4.79 Å². The van der Waals surface area contributed by atoms with Crippen LogP contribution in [0, 0.1) is 0 Å². The second kappa shape index (κ2) is 15.2. The molecule has 0 bridgehead atoms. The van der Waals surface area contributed by atoms with Gasteiger partial charge in [0.15, 0.2) is 0 Å². The fraction of sp³-hybridized carbons (Fsp3) is 0.632. The molecule has 0 spiro atoms. The summed E-state index contributed by atoms with van der Waals surface area (Å²) in [6.45, 7) is 5.93. The van der Waals surface area contributed by atoms with Crippen LogP contribution in [0.2, 0.25) is 0 Å². The second-order valence-electron chi connectivity index (χ2n) is 6.44. The van der Waals surface area contributed by atoms with E-state index < -0.39 is 0 Å². The molecule has 0 atom stereocenters. The molecule has 0 aliphatic carbocycles. The van der Waals surface area contributed by atoms with Crippen LogP contribution in [0.5, 0.6) is 0 Å². The van der Waals surface area contributed by atoms with Gasteiger partial charge in [-0.2, -0.15) is 0 Å². The van der Waals surface area contributed by atoms with Crippen LogP contribution in [0.3, 0.4) is 0 Å². The number of rotatable bonds is 10. The van der Waals surface area contributed by atoms with Gasteiger partial charge in [0.1, 0.15) is 0 Å². The summed E-state index contributed by atoms with van der Waals surface area (Å²) in [5.74, 6) is 0.140. The van der Waals surface area contributed by atoms with Crippen LogP contribution in [0.1, 0.15) is 43.2 Å². The first-order valence-corrected chi connectivity index (χ1v) is 9.12. The summed E-state index contributed by atoms with van der Waals surface area (Å²) in [6.07, 6.45) is 4.81. The van der Waals surface area contributed by atoms with Crippen LogP contribution >= 0.6 is 24.8 Å². The van der Waals surface area contributed by atoms with Crippen LogP contribution in [-0.2, 0) is 22.6 Å². The molecule has 5 nitrogen and oxygen atoms in total. The van der Waals surface area contributed by atoms with Gasteiger partial charge in [0.25, 0.3) is 0 Å². The highest BCUT2D eigenvalue weighted by Crippen LogP contribution is 2.10. The van der Waals surface area contributed by atoms with E-state index in [-0.39, 0.29) is 30.7 Å². The van der Waals surface area contributed by atoms with Crippen molar-refractivity contribution >= 4 is 30.7 Å². The SMILES string of the molecule is Cl.Cl.NCCCCCCC(=O)NCc1cccc(CN2CCOCC2)c1. The summed E-state index contributed by atoms with van der Waals surface area (Å²) in [7, 11) is 0. The molecule has 1 heterocycles. The highest BCUT2D eigenvalue weighted by molar-refractivity contribution is 5.85. The number of unbranched alkanes of at least 4 members (excludes halogenated alkanes) is 3. The van der Waals surface area contributed by atoms with Crippen molar-refractivity contribution in [1.82, 2.24) is 10.2 Å². The van der Waals surface area contributed by atoms with Gasteiger partial charge in [-0.05, 0) is 30.5 Å². The van der Waals surface area contributed by atoms with Gasteiger partial charge < -0.3 is 15.8 Å². The minimum Gasteiger partial charge on any atom is -0.379 e. The third-order valence-corrected chi connectivity index (χ3v) is 4.35. The van der Waals surface area contributed by atoms with E-state index in [1.54, 1.807) is 0 Å². The molecule has 0 saturated carbocycles. The van der Waals surface area contributed by atoms with Crippen LogP contribution in [0.4, 0.5) is 0 Å². The number of nitrogens with zero attached hydrogens (tertiary/aromatic N) is 1. The molecule has 1 aliphatic heterocycles. The number of carbonyl (C=O) groups is 1. The van der Waals surface area contributed by atoms with Crippen molar-refractivity contribution < 1.29 is 9.53 Å². The minimum atomic E-state index is 0. The first-order chi connectivity index (χ1) is 11.8. The van der Waals surface area contributed by atoms with E-state index >= 15 is 0 Å². The van der Waals surface area contributed by atoms with Gasteiger partial charge >= 0.3 is 0 Å². The van der Waals surface area contributed by atoms with Gasteiger partial charge in [0.2, 0.25) is 5.91 Å². The van der Waals surface area contributed by atoms with Crippen molar-refractivity contribution in [1.29, 1.82) is 0 Å². The van der Waals surface area contributed by atoms with E-state index in [2.05, 4.69) is 34.5 Å². The van der Waals surface area contributed by atoms with Gasteiger partial charge in [-0.15, -0.1) is 24.8 Å². The monoisotopic (exact) mass is 405 g/mol. The third kappa shape index (κ3) is 10.3. The predicted octanol–water partition coefficient (Wildman–Crippen LogP) is 2.89. The van der Waals surface area contributed by atoms with Gasteiger partial charge in [0, 0.05) is 32.6 Å². The highest BCUT2D eigenvalue weighted by Gasteiger charge is 2.10. The molecule has 7 heteroatoms. The maximum atomic E-state index is 11.9. The Hall–Kier alpha value is -0.850. The van der Waals surface area contributed by atoms with Crippen LogP contribution in [0.25, 0.3) is 0 Å². The summed E-state index contributed by atoms with van der Waals surface area (Å²) >= 11 is 0. The molecular weight excluding hydrogens is 373 g/mol. The lowest BCUT2D eigenvalue weighted by atomic mass is 10.1. The zero-order chi connectivity index (χ0) is 17.0. The Bertz CT molecular complexity index is 497. The largest absolute Gasteiger partial charge is 0.379 e. The molecule has 1 fully saturated rings. The molecule has 0 radical (unpaired) electrons. The zero-order valence-corrected chi connectivity index (χ0v) is 17.1. The Morgan fingerprint density at radius 1 is 1.08 bits per heavy atom. The Balaban J connectivity index is 0.00000312. The standard InChI is InChI=1S/C19H31N3O2.2ClH/c20-9-4-2-1-3-8-19(23)21-15-17-6-5-7-18(14-17)16-22-10-12-24-13-11-22;;/h5-7,14H,1-4,8-13,15-16,20H2,(H,21,23);2*1H. The summed E-state index contributed by atoms with van der Waals surface area (Å²) in [6, 6.07) is 8.49. The van der Waals surface area contributed by atoms with Crippen LogP contribution in [0.15, 0.2) is 24.3 Å². The number of hydrogen-bond acceptors (Lipinski definition) is 4. The fourth-order valence-corrected chi connectivity index (χ4v) is 2.93. The predicted molar refractivity (Wildman–Crippen MR) is 111 cm³/mol. The molecule has 0 unspecified atom stereocenters. The van der Waals surface area contributed by atoms with E-state index in [0.717, 1.165) is 70.6 Å². The number of hydrogen-bond donors (Lipinski definition) is 2. The second-order valence-corrected chi connectivity index (χ2v) is 6.44. The summed E-state index contributed by atoms with van der Waals surface area (Å²) in [5, 5.41) is 3.02. The Morgan fingerprint density at radius 2 is 1.77 bits per heavy atom. The first-order valence-electron chi connectivity index (χ1n) is 9.12. The van der Waals surface area contributed by atoms with Crippen molar-refractivity contribution in [2.75, 3.05) is 32.8 Å². The lowest BCUT2D eigenvalue weighted by molar-refractivity contribution is -0.121. The van der Waals surface area contributed by atoms with E-state index in [4.69, 9.17) is 10.5 Å². The molecule has 1 amide bonds. The number of ether oxygens (including phenoxy) is 1. The maximum Gasteiger partial charge on any atom is 0.220 e. The normalized spacial score (nSPS) is 14.2. The molecule has 0 aromatic heterocycles. The fourth-order valence-electron chi connectivity index (χ4n) is 2.93. The number of carbonyl (C=O) groups excluding carboxylic acids is 1. The van der Waals surface area contributed by atoms with Gasteiger partial charge in [-0.25, -0.2) is 0 Å².